The number of ether oxygens (including phenoxy) is 2. The molecule has 5 nitrogen and oxygen atoms in total. The second kappa shape index (κ2) is 10.4. The summed E-state index contributed by atoms with van der Waals surface area (Å²) in [5, 5.41) is 15.3. The lowest BCUT2D eigenvalue weighted by Crippen LogP contribution is -2.32. The summed E-state index contributed by atoms with van der Waals surface area (Å²) in [6, 6.07) is 13.6. The lowest BCUT2D eigenvalue weighted by molar-refractivity contribution is -0.134. The molecule has 0 aromatic heterocycles. The van der Waals surface area contributed by atoms with Gasteiger partial charge in [-0.25, -0.2) is 4.39 Å². The highest BCUT2D eigenvalue weighted by molar-refractivity contribution is 5.89. The summed E-state index contributed by atoms with van der Waals surface area (Å²) < 4.78 is 25.5. The number of hydrogen-bond donors (Lipinski definition) is 2. The van der Waals surface area contributed by atoms with E-state index in [9.17, 15) is 14.3 Å². The minimum Gasteiger partial charge on any atom is -0.496 e. The molecule has 0 radical (unpaired) electrons. The Balaban J connectivity index is 1.94. The molecule has 37 heavy (non-hydrogen) atoms. The van der Waals surface area contributed by atoms with Gasteiger partial charge >= 0.3 is 5.97 Å². The number of anilines is 1. The van der Waals surface area contributed by atoms with Gasteiger partial charge in [-0.1, -0.05) is 25.1 Å². The van der Waals surface area contributed by atoms with Crippen LogP contribution in [0, 0.1) is 12.7 Å². The number of rotatable bonds is 7. The normalized spacial score (nSPS) is 14.8. The Bertz CT molecular complexity index is 1380. The molecule has 0 amide bonds. The zero-order chi connectivity index (χ0) is 26.9. The Morgan fingerprint density at radius 1 is 1.08 bits per heavy atom. The van der Waals surface area contributed by atoms with Crippen molar-refractivity contribution in [2.45, 2.75) is 59.1 Å². The number of carbonyl (C=O) groups excluding carboxylic acids is 1. The van der Waals surface area contributed by atoms with Crippen molar-refractivity contribution < 1.29 is 23.8 Å². The van der Waals surface area contributed by atoms with Crippen LogP contribution in [0.5, 0.6) is 11.5 Å². The molecule has 0 saturated carbocycles. The van der Waals surface area contributed by atoms with Crippen LogP contribution in [0.1, 0.15) is 68.9 Å². The van der Waals surface area contributed by atoms with Crippen molar-refractivity contribution in [1.29, 1.82) is 0 Å². The number of aliphatic hydroxyl groups excluding tert-OH is 1. The first-order chi connectivity index (χ1) is 17.5. The highest BCUT2D eigenvalue weighted by Gasteiger charge is 2.30. The van der Waals surface area contributed by atoms with Crippen LogP contribution >= 0.6 is 0 Å². The van der Waals surface area contributed by atoms with E-state index in [0.717, 1.165) is 33.5 Å². The van der Waals surface area contributed by atoms with Crippen molar-refractivity contribution >= 4 is 17.2 Å². The van der Waals surface area contributed by atoms with E-state index in [4.69, 9.17) is 9.47 Å². The Morgan fingerprint density at radius 3 is 2.51 bits per heavy atom. The molecule has 1 aliphatic heterocycles. The summed E-state index contributed by atoms with van der Waals surface area (Å²) in [5.74, 6) is 0.169. The fourth-order valence-electron chi connectivity index (χ4n) is 5.07. The van der Waals surface area contributed by atoms with Crippen LogP contribution in [-0.2, 0) is 4.79 Å². The maximum Gasteiger partial charge on any atom is 0.311 e. The summed E-state index contributed by atoms with van der Waals surface area (Å²) in [4.78, 5) is 12.0. The number of halogens is 1. The molecule has 194 valence electrons. The van der Waals surface area contributed by atoms with Crippen LogP contribution in [-0.4, -0.2) is 23.7 Å². The topological polar surface area (TPSA) is 67.8 Å². The Morgan fingerprint density at radius 2 is 1.81 bits per heavy atom. The molecular weight excluding hydrogens is 469 g/mol. The van der Waals surface area contributed by atoms with Crippen LogP contribution in [0.25, 0.3) is 16.7 Å². The van der Waals surface area contributed by atoms with E-state index in [1.54, 1.807) is 25.3 Å². The van der Waals surface area contributed by atoms with Crippen LogP contribution in [0.4, 0.5) is 10.1 Å². The average Bonchev–Trinajstić information content (AvgIpc) is 2.84. The van der Waals surface area contributed by atoms with Gasteiger partial charge in [0.05, 0.1) is 12.6 Å². The van der Waals surface area contributed by atoms with Crippen molar-refractivity contribution in [2.24, 2.45) is 0 Å². The van der Waals surface area contributed by atoms with E-state index in [-0.39, 0.29) is 11.5 Å². The minimum atomic E-state index is -1.10. The molecule has 2 N–H and O–H groups in total. The number of benzene rings is 3. The molecule has 0 saturated heterocycles. The molecule has 0 aliphatic carbocycles. The molecule has 1 aliphatic rings. The van der Waals surface area contributed by atoms with Gasteiger partial charge in [0.2, 0.25) is 0 Å². The molecule has 0 spiro atoms. The minimum absolute atomic E-state index is 0.267. The maximum absolute atomic E-state index is 14.3. The van der Waals surface area contributed by atoms with E-state index in [0.29, 0.717) is 35.5 Å². The first-order valence-corrected chi connectivity index (χ1v) is 12.5. The van der Waals surface area contributed by atoms with Gasteiger partial charge in [-0.05, 0) is 86.7 Å². The summed E-state index contributed by atoms with van der Waals surface area (Å²) in [6.07, 6.45) is 2.05. The molecule has 1 unspecified atom stereocenters. The van der Waals surface area contributed by atoms with Gasteiger partial charge in [0, 0.05) is 34.9 Å². The molecule has 0 fully saturated rings. The van der Waals surface area contributed by atoms with Gasteiger partial charge in [0.15, 0.2) is 0 Å². The highest BCUT2D eigenvalue weighted by Crippen LogP contribution is 2.47. The first kappa shape index (κ1) is 26.4. The van der Waals surface area contributed by atoms with Gasteiger partial charge in [-0.3, -0.25) is 4.79 Å². The molecular formula is C31H34FNO4. The molecule has 1 atom stereocenters. The van der Waals surface area contributed by atoms with E-state index in [1.165, 1.54) is 12.1 Å². The van der Waals surface area contributed by atoms with Crippen LogP contribution in [0.3, 0.4) is 0 Å². The van der Waals surface area contributed by atoms with Crippen molar-refractivity contribution in [3.05, 3.63) is 82.7 Å². The third-order valence-corrected chi connectivity index (χ3v) is 6.63. The van der Waals surface area contributed by atoms with Gasteiger partial charge in [-0.15, -0.1) is 0 Å². The van der Waals surface area contributed by atoms with Crippen LogP contribution < -0.4 is 14.8 Å². The molecule has 0 bridgehead atoms. The Hall–Kier alpha value is -3.64. The third kappa shape index (κ3) is 5.39. The largest absolute Gasteiger partial charge is 0.496 e. The van der Waals surface area contributed by atoms with Gasteiger partial charge in [-0.2, -0.15) is 0 Å². The standard InChI is InChI=1S/C31H34FNO4/c1-7-8-27(34)37-21-11-12-22(26(16-21)36-6)23-13-14-25-28(19(3)17-31(4,5)33-25)29(23)30(35)24-15-20(32)10-9-18(24)2/h9-17,30,33,35H,7-8H2,1-6H3. The number of carbonyl (C=O) groups is 1. The van der Waals surface area contributed by atoms with Crippen LogP contribution in [0.15, 0.2) is 54.6 Å². The van der Waals surface area contributed by atoms with Crippen molar-refractivity contribution in [3.63, 3.8) is 0 Å². The van der Waals surface area contributed by atoms with Crippen molar-refractivity contribution in [2.75, 3.05) is 12.4 Å². The third-order valence-electron chi connectivity index (χ3n) is 6.63. The van der Waals surface area contributed by atoms with E-state index >= 15 is 0 Å². The quantitative estimate of drug-likeness (QED) is 0.264. The second-order valence-electron chi connectivity index (χ2n) is 10.1. The summed E-state index contributed by atoms with van der Waals surface area (Å²) >= 11 is 0. The number of aliphatic hydroxyl groups is 1. The number of nitrogens with one attached hydrogen (secondary N) is 1. The monoisotopic (exact) mass is 503 g/mol. The smallest absolute Gasteiger partial charge is 0.311 e. The van der Waals surface area contributed by atoms with E-state index < -0.39 is 11.9 Å². The first-order valence-electron chi connectivity index (χ1n) is 12.5. The summed E-state index contributed by atoms with van der Waals surface area (Å²) in [5.41, 5.74) is 5.90. The fraction of sp³-hybridized carbons (Fsp3) is 0.323. The zero-order valence-electron chi connectivity index (χ0n) is 22.2. The molecule has 6 heteroatoms. The number of fused-ring (bicyclic) bond motifs is 1. The maximum atomic E-state index is 14.3. The Labute approximate surface area is 217 Å². The van der Waals surface area contributed by atoms with Gasteiger partial charge in [0.25, 0.3) is 0 Å². The van der Waals surface area contributed by atoms with E-state index in [1.807, 2.05) is 39.0 Å². The number of aryl methyl sites for hydroxylation is 1. The lowest BCUT2D eigenvalue weighted by Gasteiger charge is -2.34. The molecule has 3 aromatic rings. The SMILES string of the molecule is CCCC(=O)Oc1ccc(-c2ccc3c(c2C(O)c2cc(F)ccc2C)C(C)=CC(C)(C)N3)c(OC)c1. The fourth-order valence-corrected chi connectivity index (χ4v) is 5.07. The van der Waals surface area contributed by atoms with Gasteiger partial charge in [0.1, 0.15) is 23.4 Å². The summed E-state index contributed by atoms with van der Waals surface area (Å²) in [7, 11) is 1.55. The lowest BCUT2D eigenvalue weighted by atomic mass is 9.81. The van der Waals surface area contributed by atoms with Crippen molar-refractivity contribution in [3.8, 4) is 22.6 Å². The molecule has 1 heterocycles. The zero-order valence-corrected chi connectivity index (χ0v) is 22.2. The van der Waals surface area contributed by atoms with E-state index in [2.05, 4.69) is 25.2 Å². The predicted molar refractivity (Wildman–Crippen MR) is 146 cm³/mol. The van der Waals surface area contributed by atoms with Crippen LogP contribution in [0.2, 0.25) is 0 Å². The molecule has 3 aromatic carbocycles. The number of methoxy groups -OCH3 is 1. The number of hydrogen-bond acceptors (Lipinski definition) is 5. The Kier molecular flexibility index (Phi) is 7.42. The number of allylic oxidation sites excluding steroid dienone is 1. The second-order valence-corrected chi connectivity index (χ2v) is 10.1. The summed E-state index contributed by atoms with van der Waals surface area (Å²) in [6.45, 7) is 9.97. The highest BCUT2D eigenvalue weighted by atomic mass is 19.1. The molecule has 4 rings (SSSR count). The predicted octanol–water partition coefficient (Wildman–Crippen LogP) is 7.20. The van der Waals surface area contributed by atoms with Gasteiger partial charge < -0.3 is 19.9 Å². The van der Waals surface area contributed by atoms with Crippen molar-refractivity contribution in [1.82, 2.24) is 0 Å². The average molecular weight is 504 g/mol. The number of esters is 1.